The number of hydrogen-bond donors (Lipinski definition) is 1. The molecule has 0 aliphatic heterocycles. The predicted molar refractivity (Wildman–Crippen MR) is 108 cm³/mol. The van der Waals surface area contributed by atoms with Gasteiger partial charge in [-0.05, 0) is 72.5 Å². The Hall–Kier alpha value is -0.0400. The zero-order valence-corrected chi connectivity index (χ0v) is 17.7. The van der Waals surface area contributed by atoms with Gasteiger partial charge < -0.3 is 5.11 Å². The minimum Gasteiger partial charge on any atom is -0.393 e. The van der Waals surface area contributed by atoms with Crippen LogP contribution < -0.4 is 0 Å². The molecule has 0 amide bonds. The zero-order chi connectivity index (χ0) is 18.3. The van der Waals surface area contributed by atoms with Crippen molar-refractivity contribution in [2.45, 2.75) is 118 Å². The Morgan fingerprint density at radius 2 is 1.04 bits per heavy atom. The first-order chi connectivity index (χ1) is 11.7. The predicted octanol–water partition coefficient (Wildman–Crippen LogP) is 6.98. The third kappa shape index (κ3) is 3.97. The van der Waals surface area contributed by atoms with Crippen molar-refractivity contribution in [3.63, 3.8) is 0 Å². The van der Waals surface area contributed by atoms with Crippen molar-refractivity contribution in [3.8, 4) is 0 Å². The van der Waals surface area contributed by atoms with Crippen LogP contribution in [0.5, 0.6) is 0 Å². The second-order valence-corrected chi connectivity index (χ2v) is 11.7. The number of hydrogen-bond acceptors (Lipinski definition) is 1. The highest BCUT2D eigenvalue weighted by Gasteiger charge is 2.52. The van der Waals surface area contributed by atoms with Crippen LogP contribution in [-0.2, 0) is 0 Å². The molecule has 3 saturated carbocycles. The molecule has 3 rings (SSSR count). The van der Waals surface area contributed by atoms with Crippen LogP contribution in [0.3, 0.4) is 0 Å². The Labute approximate surface area is 157 Å². The van der Waals surface area contributed by atoms with E-state index in [0.717, 1.165) is 5.92 Å². The summed E-state index contributed by atoms with van der Waals surface area (Å²) in [6.45, 7) is 12.4. The number of aliphatic hydroxyl groups is 1. The van der Waals surface area contributed by atoms with Gasteiger partial charge in [0.1, 0.15) is 0 Å². The maximum Gasteiger partial charge on any atom is 0.0607 e. The van der Waals surface area contributed by atoms with Crippen molar-refractivity contribution in [1.82, 2.24) is 0 Å². The first-order valence-corrected chi connectivity index (χ1v) is 11.3. The first kappa shape index (κ1) is 19.7. The van der Waals surface area contributed by atoms with E-state index in [1.165, 1.54) is 77.0 Å². The summed E-state index contributed by atoms with van der Waals surface area (Å²) in [6, 6.07) is 0. The largest absolute Gasteiger partial charge is 0.393 e. The molecule has 0 bridgehead atoms. The lowest BCUT2D eigenvalue weighted by atomic mass is 9.50. The molecular weight excluding hydrogens is 304 g/mol. The summed E-state index contributed by atoms with van der Waals surface area (Å²) in [5, 5.41) is 11.6. The van der Waals surface area contributed by atoms with Crippen molar-refractivity contribution < 1.29 is 5.11 Å². The van der Waals surface area contributed by atoms with Gasteiger partial charge in [-0.3, -0.25) is 0 Å². The van der Waals surface area contributed by atoms with Crippen LogP contribution in [0.15, 0.2) is 0 Å². The van der Waals surface area contributed by atoms with Crippen LogP contribution in [0.4, 0.5) is 0 Å². The Morgan fingerprint density at radius 1 is 0.680 bits per heavy atom. The van der Waals surface area contributed by atoms with Crippen molar-refractivity contribution in [3.05, 3.63) is 0 Å². The van der Waals surface area contributed by atoms with Crippen LogP contribution in [0.25, 0.3) is 0 Å². The van der Waals surface area contributed by atoms with Crippen molar-refractivity contribution in [2.75, 3.05) is 0 Å². The van der Waals surface area contributed by atoms with Crippen LogP contribution >= 0.6 is 0 Å². The van der Waals surface area contributed by atoms with Gasteiger partial charge in [0.25, 0.3) is 0 Å². The average Bonchev–Trinajstić information content (AvgIpc) is 2.55. The molecule has 2 atom stereocenters. The molecular formula is C24H44O. The smallest absolute Gasteiger partial charge is 0.0607 e. The molecule has 0 saturated heterocycles. The molecule has 3 aliphatic carbocycles. The lowest BCUT2D eigenvalue weighted by Gasteiger charge is -2.56. The number of rotatable bonds is 2. The second kappa shape index (κ2) is 7.17. The summed E-state index contributed by atoms with van der Waals surface area (Å²) >= 11 is 0. The average molecular weight is 349 g/mol. The normalized spacial score (nSPS) is 39.1. The van der Waals surface area contributed by atoms with E-state index in [-0.39, 0.29) is 6.10 Å². The topological polar surface area (TPSA) is 20.2 Å². The maximum absolute atomic E-state index is 11.6. The summed E-state index contributed by atoms with van der Waals surface area (Å²) in [5.41, 5.74) is 1.13. The highest BCUT2D eigenvalue weighted by Crippen LogP contribution is 2.58. The lowest BCUT2D eigenvalue weighted by Crippen LogP contribution is -2.52. The molecule has 0 aromatic heterocycles. The summed E-state index contributed by atoms with van der Waals surface area (Å²) in [5.74, 6) is 1.81. The zero-order valence-electron chi connectivity index (χ0n) is 17.7. The highest BCUT2D eigenvalue weighted by atomic mass is 16.3. The minimum atomic E-state index is -0.0650. The van der Waals surface area contributed by atoms with Gasteiger partial charge in [-0.1, -0.05) is 73.1 Å². The third-order valence-electron chi connectivity index (χ3n) is 8.91. The molecule has 0 radical (unpaired) electrons. The van der Waals surface area contributed by atoms with Crippen molar-refractivity contribution >= 4 is 0 Å². The van der Waals surface area contributed by atoms with Crippen LogP contribution in [-0.4, -0.2) is 11.2 Å². The minimum absolute atomic E-state index is 0.0650. The van der Waals surface area contributed by atoms with Gasteiger partial charge in [0, 0.05) is 0 Å². The molecule has 25 heavy (non-hydrogen) atoms. The summed E-state index contributed by atoms with van der Waals surface area (Å²) in [7, 11) is 0. The molecule has 3 fully saturated rings. The van der Waals surface area contributed by atoms with E-state index in [0.29, 0.717) is 28.1 Å². The Kier molecular flexibility index (Phi) is 5.66. The molecule has 0 aromatic rings. The van der Waals surface area contributed by atoms with E-state index < -0.39 is 0 Å². The molecule has 1 heteroatoms. The first-order valence-electron chi connectivity index (χ1n) is 11.3. The van der Waals surface area contributed by atoms with Crippen LogP contribution in [0.2, 0.25) is 0 Å². The Morgan fingerprint density at radius 3 is 1.36 bits per heavy atom. The fraction of sp³-hybridized carbons (Fsp3) is 1.00. The summed E-state index contributed by atoms with van der Waals surface area (Å²) < 4.78 is 0. The van der Waals surface area contributed by atoms with Gasteiger partial charge in [-0.15, -0.1) is 0 Å². The standard InChI is InChI=1S/C24H44O/c1-22(2,3)18-16-19(23(4)12-8-6-9-13-23)21(25)20(17-18)24(5)14-10-7-11-15-24/h18-21,25H,6-17H2,1-5H3. The summed E-state index contributed by atoms with van der Waals surface area (Å²) in [4.78, 5) is 0. The van der Waals surface area contributed by atoms with E-state index in [2.05, 4.69) is 34.6 Å². The highest BCUT2D eigenvalue weighted by molar-refractivity contribution is 5.02. The monoisotopic (exact) mass is 348 g/mol. The van der Waals surface area contributed by atoms with Gasteiger partial charge in [-0.25, -0.2) is 0 Å². The Balaban J connectivity index is 1.89. The maximum atomic E-state index is 11.6. The third-order valence-corrected chi connectivity index (χ3v) is 8.91. The fourth-order valence-corrected chi connectivity index (χ4v) is 6.83. The molecule has 0 aromatic carbocycles. The van der Waals surface area contributed by atoms with Crippen LogP contribution in [0, 0.1) is 34.0 Å². The van der Waals surface area contributed by atoms with E-state index in [9.17, 15) is 5.11 Å². The molecule has 1 nitrogen and oxygen atoms in total. The van der Waals surface area contributed by atoms with Gasteiger partial charge in [-0.2, -0.15) is 0 Å². The molecule has 0 heterocycles. The quantitative estimate of drug-likeness (QED) is 0.571. The van der Waals surface area contributed by atoms with Crippen molar-refractivity contribution in [2.24, 2.45) is 34.0 Å². The molecule has 1 N–H and O–H groups in total. The fourth-order valence-electron chi connectivity index (χ4n) is 6.83. The van der Waals surface area contributed by atoms with Gasteiger partial charge in [0.05, 0.1) is 6.10 Å². The SMILES string of the molecule is CC(C)(C)C1CC(C2(C)CCCCC2)C(O)C(C2(C)CCCCC2)C1. The van der Waals surface area contributed by atoms with Gasteiger partial charge in [0.15, 0.2) is 0 Å². The van der Waals surface area contributed by atoms with E-state index in [1.807, 2.05) is 0 Å². The molecule has 2 unspecified atom stereocenters. The van der Waals surface area contributed by atoms with Crippen LogP contribution in [0.1, 0.15) is 112 Å². The van der Waals surface area contributed by atoms with E-state index >= 15 is 0 Å². The van der Waals surface area contributed by atoms with Gasteiger partial charge in [0.2, 0.25) is 0 Å². The van der Waals surface area contributed by atoms with E-state index in [1.54, 1.807) is 0 Å². The molecule has 0 spiro atoms. The summed E-state index contributed by atoms with van der Waals surface area (Å²) in [6.07, 6.45) is 16.1. The molecule has 146 valence electrons. The second-order valence-electron chi connectivity index (χ2n) is 11.7. The number of aliphatic hydroxyl groups excluding tert-OH is 1. The van der Waals surface area contributed by atoms with E-state index in [4.69, 9.17) is 0 Å². The van der Waals surface area contributed by atoms with Gasteiger partial charge >= 0.3 is 0 Å². The van der Waals surface area contributed by atoms with Crippen molar-refractivity contribution in [1.29, 1.82) is 0 Å². The molecule has 3 aliphatic rings. The lowest BCUT2D eigenvalue weighted by molar-refractivity contribution is -0.127. The Bertz CT molecular complexity index is 400.